The molecule has 0 aliphatic carbocycles. The highest BCUT2D eigenvalue weighted by atomic mass is 79.9. The van der Waals surface area contributed by atoms with Gasteiger partial charge in [-0.05, 0) is 23.3 Å². The highest BCUT2D eigenvalue weighted by molar-refractivity contribution is 9.08. The predicted molar refractivity (Wildman–Crippen MR) is 72.5 cm³/mol. The fourth-order valence-corrected chi connectivity index (χ4v) is 1.89. The minimum absolute atomic E-state index is 0.917. The van der Waals surface area contributed by atoms with E-state index in [0.29, 0.717) is 0 Å². The fourth-order valence-electron chi connectivity index (χ4n) is 1.52. The summed E-state index contributed by atoms with van der Waals surface area (Å²) in [6.07, 6.45) is 8.46. The molecule has 1 heterocycles. The molecule has 0 unspecified atom stereocenters. The van der Waals surface area contributed by atoms with Crippen LogP contribution in [0.3, 0.4) is 0 Å². The number of hydrogen-bond acceptors (Lipinski definition) is 0. The van der Waals surface area contributed by atoms with E-state index < -0.39 is 0 Å². The quantitative estimate of drug-likeness (QED) is 0.741. The summed E-state index contributed by atoms with van der Waals surface area (Å²) in [5.74, 6) is 0. The molecule has 1 nitrogen and oxygen atoms in total. The van der Waals surface area contributed by atoms with E-state index in [1.54, 1.807) is 0 Å². The number of benzene rings is 1. The van der Waals surface area contributed by atoms with Crippen LogP contribution in [0.2, 0.25) is 0 Å². The number of hydrogen-bond donors (Lipinski definition) is 0. The average Bonchev–Trinajstić information content (AvgIpc) is 2.83. The van der Waals surface area contributed by atoms with Crippen molar-refractivity contribution in [1.29, 1.82) is 0 Å². The summed E-state index contributed by atoms with van der Waals surface area (Å²) in [6, 6.07) is 12.6. The van der Waals surface area contributed by atoms with Crippen molar-refractivity contribution >= 4 is 22.0 Å². The number of halogens is 1. The first-order chi connectivity index (χ1) is 7.88. The Hall–Kier alpha value is -1.28. The van der Waals surface area contributed by atoms with Crippen LogP contribution >= 0.6 is 15.9 Å². The van der Waals surface area contributed by atoms with Gasteiger partial charge in [0.15, 0.2) is 0 Å². The molecule has 0 aliphatic rings. The van der Waals surface area contributed by atoms with Gasteiger partial charge in [-0.25, -0.2) is 0 Å². The highest BCUT2D eigenvalue weighted by Crippen LogP contribution is 2.09. The molecule has 0 saturated carbocycles. The maximum Gasteiger partial charge on any atom is 0.0403 e. The Balaban J connectivity index is 1.95. The van der Waals surface area contributed by atoms with Crippen molar-refractivity contribution in [3.8, 4) is 0 Å². The van der Waals surface area contributed by atoms with Crippen molar-refractivity contribution in [3.05, 3.63) is 66.0 Å². The third kappa shape index (κ3) is 3.11. The topological polar surface area (TPSA) is 4.93 Å². The van der Waals surface area contributed by atoms with E-state index >= 15 is 0 Å². The van der Waals surface area contributed by atoms with E-state index in [2.05, 4.69) is 69.3 Å². The molecule has 0 radical (unpaired) electrons. The SMILES string of the molecule is BrCc1ccc(/C=C/Cn2cccc2)cc1. The van der Waals surface area contributed by atoms with E-state index in [1.165, 1.54) is 11.1 Å². The number of alkyl halides is 1. The average molecular weight is 276 g/mol. The normalized spacial score (nSPS) is 11.1. The molecule has 0 atom stereocenters. The maximum atomic E-state index is 3.44. The van der Waals surface area contributed by atoms with Crippen molar-refractivity contribution in [2.75, 3.05) is 0 Å². The standard InChI is InChI=1S/C14H14BrN/c15-12-14-7-5-13(6-8-14)4-3-11-16-9-1-2-10-16/h1-10H,11-12H2/b4-3+. The second kappa shape index (κ2) is 5.71. The van der Waals surface area contributed by atoms with E-state index in [0.717, 1.165) is 11.9 Å². The molecule has 82 valence electrons. The van der Waals surface area contributed by atoms with Crippen molar-refractivity contribution in [2.24, 2.45) is 0 Å². The van der Waals surface area contributed by atoms with E-state index in [1.807, 2.05) is 12.1 Å². The lowest BCUT2D eigenvalue weighted by Crippen LogP contribution is -1.88. The van der Waals surface area contributed by atoms with Crippen molar-refractivity contribution < 1.29 is 0 Å². The number of nitrogens with zero attached hydrogens (tertiary/aromatic N) is 1. The molecule has 0 bridgehead atoms. The van der Waals surface area contributed by atoms with Gasteiger partial charge in [0.25, 0.3) is 0 Å². The fraction of sp³-hybridized carbons (Fsp3) is 0.143. The lowest BCUT2D eigenvalue weighted by Gasteiger charge is -1.98. The molecular weight excluding hydrogens is 262 g/mol. The van der Waals surface area contributed by atoms with Crippen LogP contribution in [0, 0.1) is 0 Å². The van der Waals surface area contributed by atoms with Crippen LogP contribution in [0.1, 0.15) is 11.1 Å². The second-order valence-corrected chi connectivity index (χ2v) is 4.22. The van der Waals surface area contributed by atoms with Crippen molar-refractivity contribution in [2.45, 2.75) is 11.9 Å². The molecule has 0 N–H and O–H groups in total. The maximum absolute atomic E-state index is 3.44. The summed E-state index contributed by atoms with van der Waals surface area (Å²) in [5.41, 5.74) is 2.56. The van der Waals surface area contributed by atoms with Gasteiger partial charge in [-0.1, -0.05) is 52.3 Å². The smallest absolute Gasteiger partial charge is 0.0403 e. The Labute approximate surface area is 105 Å². The molecule has 16 heavy (non-hydrogen) atoms. The zero-order valence-electron chi connectivity index (χ0n) is 9.01. The molecule has 2 aromatic rings. The van der Waals surface area contributed by atoms with Gasteiger partial charge in [0.05, 0.1) is 0 Å². The Bertz CT molecular complexity index is 440. The van der Waals surface area contributed by atoms with Crippen LogP contribution in [-0.4, -0.2) is 4.57 Å². The summed E-state index contributed by atoms with van der Waals surface area (Å²) >= 11 is 3.44. The van der Waals surface area contributed by atoms with Gasteiger partial charge >= 0.3 is 0 Å². The van der Waals surface area contributed by atoms with Crippen LogP contribution in [0.25, 0.3) is 6.08 Å². The van der Waals surface area contributed by atoms with E-state index in [9.17, 15) is 0 Å². The molecule has 0 aliphatic heterocycles. The van der Waals surface area contributed by atoms with Crippen molar-refractivity contribution in [1.82, 2.24) is 4.57 Å². The molecule has 1 aromatic carbocycles. The predicted octanol–water partition coefficient (Wildman–Crippen LogP) is 4.10. The first-order valence-corrected chi connectivity index (χ1v) is 6.43. The third-order valence-electron chi connectivity index (χ3n) is 2.43. The van der Waals surface area contributed by atoms with Gasteiger partial charge < -0.3 is 4.57 Å². The number of aromatic nitrogens is 1. The minimum atomic E-state index is 0.917. The van der Waals surface area contributed by atoms with Gasteiger partial charge in [-0.2, -0.15) is 0 Å². The molecule has 1 aromatic heterocycles. The Morgan fingerprint density at radius 1 is 1.06 bits per heavy atom. The van der Waals surface area contributed by atoms with Crippen molar-refractivity contribution in [3.63, 3.8) is 0 Å². The molecule has 0 amide bonds. The first-order valence-electron chi connectivity index (χ1n) is 5.31. The lowest BCUT2D eigenvalue weighted by molar-refractivity contribution is 0.833. The Morgan fingerprint density at radius 3 is 2.38 bits per heavy atom. The van der Waals surface area contributed by atoms with Gasteiger partial charge in [0.2, 0.25) is 0 Å². The summed E-state index contributed by atoms with van der Waals surface area (Å²) in [5, 5.41) is 0.917. The lowest BCUT2D eigenvalue weighted by atomic mass is 10.1. The van der Waals surface area contributed by atoms with Crippen LogP contribution in [0.5, 0.6) is 0 Å². The van der Waals surface area contributed by atoms with E-state index in [-0.39, 0.29) is 0 Å². The monoisotopic (exact) mass is 275 g/mol. The second-order valence-electron chi connectivity index (χ2n) is 3.66. The molecular formula is C14H14BrN. The molecule has 2 rings (SSSR count). The third-order valence-corrected chi connectivity index (χ3v) is 3.07. The number of allylic oxidation sites excluding steroid dienone is 1. The molecule has 0 saturated heterocycles. The zero-order chi connectivity index (χ0) is 11.2. The molecule has 0 spiro atoms. The van der Waals surface area contributed by atoms with Crippen LogP contribution in [0.4, 0.5) is 0 Å². The summed E-state index contributed by atoms with van der Waals surface area (Å²) < 4.78 is 2.14. The number of rotatable bonds is 4. The summed E-state index contributed by atoms with van der Waals surface area (Å²) in [4.78, 5) is 0. The summed E-state index contributed by atoms with van der Waals surface area (Å²) in [7, 11) is 0. The van der Waals surface area contributed by atoms with Gasteiger partial charge in [-0.3, -0.25) is 0 Å². The van der Waals surface area contributed by atoms with Gasteiger partial charge in [-0.15, -0.1) is 0 Å². The largest absolute Gasteiger partial charge is 0.350 e. The first kappa shape index (κ1) is 11.2. The molecule has 0 fully saturated rings. The zero-order valence-corrected chi connectivity index (χ0v) is 10.6. The van der Waals surface area contributed by atoms with Gasteiger partial charge in [0.1, 0.15) is 0 Å². The molecule has 2 heteroatoms. The van der Waals surface area contributed by atoms with Crippen LogP contribution < -0.4 is 0 Å². The van der Waals surface area contributed by atoms with E-state index in [4.69, 9.17) is 0 Å². The van der Waals surface area contributed by atoms with Crippen LogP contribution in [-0.2, 0) is 11.9 Å². The summed E-state index contributed by atoms with van der Waals surface area (Å²) in [6.45, 7) is 0.924. The highest BCUT2D eigenvalue weighted by Gasteiger charge is 1.89. The minimum Gasteiger partial charge on any atom is -0.350 e. The Kier molecular flexibility index (Phi) is 4.00. The van der Waals surface area contributed by atoms with Gasteiger partial charge in [0, 0.05) is 24.3 Å². The van der Waals surface area contributed by atoms with Crippen LogP contribution in [0.15, 0.2) is 54.9 Å². The Morgan fingerprint density at radius 2 is 1.75 bits per heavy atom.